The normalized spacial score (nSPS) is 12.0. The van der Waals surface area contributed by atoms with Crippen LogP contribution in [-0.4, -0.2) is 20.8 Å². The smallest absolute Gasteiger partial charge is 0.243 e. The summed E-state index contributed by atoms with van der Waals surface area (Å²) in [5.74, 6) is 6.61. The first-order chi connectivity index (χ1) is 12.1. The van der Waals surface area contributed by atoms with E-state index < -0.39 is 6.17 Å². The van der Waals surface area contributed by atoms with E-state index in [1.54, 1.807) is 29.7 Å². The number of alkyl halides is 1. The van der Waals surface area contributed by atoms with Crippen LogP contribution in [0.15, 0.2) is 23.6 Å². The second kappa shape index (κ2) is 7.85. The predicted molar refractivity (Wildman–Crippen MR) is 101 cm³/mol. The maximum atomic E-state index is 13.3. The van der Waals surface area contributed by atoms with Gasteiger partial charge in [0.25, 0.3) is 0 Å². The fourth-order valence-electron chi connectivity index (χ4n) is 2.59. The van der Waals surface area contributed by atoms with E-state index in [-0.39, 0.29) is 5.28 Å². The van der Waals surface area contributed by atoms with Crippen molar-refractivity contribution in [3.05, 3.63) is 45.0 Å². The number of fused-ring (bicyclic) bond motifs is 1. The highest BCUT2D eigenvalue weighted by molar-refractivity contribution is 7.09. The first kappa shape index (κ1) is 17.7. The molecule has 3 aromatic rings. The van der Waals surface area contributed by atoms with Crippen LogP contribution in [0.1, 0.15) is 36.4 Å². The monoisotopic (exact) mass is 376 g/mol. The zero-order chi connectivity index (χ0) is 17.8. The lowest BCUT2D eigenvalue weighted by atomic mass is 10.1. The number of hydrogen-bond donors (Lipinski definition) is 1. The quantitative estimate of drug-likeness (QED) is 0.633. The number of thiophene rings is 1. The van der Waals surface area contributed by atoms with E-state index in [2.05, 4.69) is 33.3 Å². The Labute approximate surface area is 155 Å². The molecule has 3 aromatic heterocycles. The first-order valence-corrected chi connectivity index (χ1v) is 9.25. The Morgan fingerprint density at radius 1 is 1.48 bits per heavy atom. The van der Waals surface area contributed by atoms with Crippen molar-refractivity contribution in [2.24, 2.45) is 0 Å². The molecule has 0 bridgehead atoms. The van der Waals surface area contributed by atoms with Gasteiger partial charge in [0.1, 0.15) is 11.2 Å². The van der Waals surface area contributed by atoms with Crippen LogP contribution in [0.4, 0.5) is 10.2 Å². The Balaban J connectivity index is 2.01. The van der Waals surface area contributed by atoms with E-state index in [0.717, 1.165) is 16.8 Å². The number of nitrogens with one attached hydrogen (secondary N) is 1. The van der Waals surface area contributed by atoms with Crippen molar-refractivity contribution < 1.29 is 4.39 Å². The molecule has 0 fully saturated rings. The Bertz CT molecular complexity index is 922. The summed E-state index contributed by atoms with van der Waals surface area (Å²) >= 11 is 7.77. The minimum atomic E-state index is -0.864. The molecule has 0 saturated carbocycles. The molecule has 0 aliphatic carbocycles. The lowest BCUT2D eigenvalue weighted by Gasteiger charge is -2.07. The molecule has 0 aromatic carbocycles. The van der Waals surface area contributed by atoms with Gasteiger partial charge in [0.2, 0.25) is 5.28 Å². The lowest BCUT2D eigenvalue weighted by Crippen LogP contribution is -2.06. The minimum Gasteiger partial charge on any atom is -0.363 e. The minimum absolute atomic E-state index is 0.140. The molecule has 3 rings (SSSR count). The Morgan fingerprint density at radius 2 is 2.32 bits per heavy atom. The van der Waals surface area contributed by atoms with Gasteiger partial charge in [-0.25, -0.2) is 8.91 Å². The van der Waals surface area contributed by atoms with Gasteiger partial charge in [-0.1, -0.05) is 12.0 Å². The largest absolute Gasteiger partial charge is 0.363 e. The molecule has 25 heavy (non-hydrogen) atoms. The lowest BCUT2D eigenvalue weighted by molar-refractivity contribution is 0.341. The maximum Gasteiger partial charge on any atom is 0.243 e. The second-order valence-corrected chi connectivity index (χ2v) is 7.04. The molecule has 3 heterocycles. The van der Waals surface area contributed by atoms with Crippen LogP contribution in [-0.2, 0) is 13.0 Å². The fourth-order valence-corrected chi connectivity index (χ4v) is 3.39. The first-order valence-electron chi connectivity index (χ1n) is 7.99. The summed E-state index contributed by atoms with van der Waals surface area (Å²) in [4.78, 5) is 5.51. The fraction of sp³-hybridized carbons (Fsp3) is 0.333. The third kappa shape index (κ3) is 4.12. The van der Waals surface area contributed by atoms with Gasteiger partial charge in [-0.15, -0.1) is 16.4 Å². The summed E-state index contributed by atoms with van der Waals surface area (Å²) in [5, 5.41) is 9.77. The third-order valence-electron chi connectivity index (χ3n) is 3.75. The predicted octanol–water partition coefficient (Wildman–Crippen LogP) is 4.72. The highest BCUT2D eigenvalue weighted by Crippen LogP contribution is 2.25. The van der Waals surface area contributed by atoms with Crippen LogP contribution in [0.5, 0.6) is 0 Å². The molecule has 0 spiro atoms. The van der Waals surface area contributed by atoms with E-state index in [4.69, 9.17) is 11.6 Å². The summed E-state index contributed by atoms with van der Waals surface area (Å²) in [5.41, 5.74) is 2.48. The van der Waals surface area contributed by atoms with Gasteiger partial charge < -0.3 is 5.32 Å². The topological polar surface area (TPSA) is 42.2 Å². The highest BCUT2D eigenvalue weighted by Gasteiger charge is 2.16. The van der Waals surface area contributed by atoms with Crippen LogP contribution < -0.4 is 5.32 Å². The van der Waals surface area contributed by atoms with Gasteiger partial charge in [0, 0.05) is 4.88 Å². The molecule has 1 unspecified atom stereocenters. The Morgan fingerprint density at radius 3 is 3.00 bits per heavy atom. The van der Waals surface area contributed by atoms with Crippen LogP contribution in [0.2, 0.25) is 5.28 Å². The number of nitrogens with zero attached hydrogens (tertiary/aromatic N) is 3. The van der Waals surface area contributed by atoms with Crippen LogP contribution in [0, 0.1) is 11.8 Å². The maximum absolute atomic E-state index is 13.3. The average molecular weight is 377 g/mol. The number of aromatic nitrogens is 3. The van der Waals surface area contributed by atoms with E-state index in [1.807, 2.05) is 17.5 Å². The molecule has 7 heteroatoms. The van der Waals surface area contributed by atoms with Crippen LogP contribution >= 0.6 is 22.9 Å². The molecule has 0 saturated heterocycles. The molecule has 0 aliphatic heterocycles. The summed E-state index contributed by atoms with van der Waals surface area (Å²) in [6, 6.07) is 6.03. The van der Waals surface area contributed by atoms with E-state index in [1.165, 1.54) is 4.88 Å². The SMILES string of the molecule is CC#Cc1c(CCC(C)F)cc2c(NCc3cccs3)nc(Cl)nn12. The van der Waals surface area contributed by atoms with E-state index >= 15 is 0 Å². The molecule has 1 atom stereocenters. The molecule has 130 valence electrons. The molecular weight excluding hydrogens is 359 g/mol. The van der Waals surface area contributed by atoms with Gasteiger partial charge in [-0.3, -0.25) is 0 Å². The van der Waals surface area contributed by atoms with Crippen molar-refractivity contribution >= 4 is 34.3 Å². The number of halogens is 2. The number of aryl methyl sites for hydroxylation is 1. The second-order valence-electron chi connectivity index (χ2n) is 5.67. The zero-order valence-corrected chi connectivity index (χ0v) is 15.6. The number of anilines is 1. The summed E-state index contributed by atoms with van der Waals surface area (Å²) in [6.45, 7) is 3.98. The molecule has 4 nitrogen and oxygen atoms in total. The van der Waals surface area contributed by atoms with Crippen molar-refractivity contribution in [2.45, 2.75) is 39.4 Å². The summed E-state index contributed by atoms with van der Waals surface area (Å²) in [7, 11) is 0. The van der Waals surface area contributed by atoms with Crippen molar-refractivity contribution in [1.82, 2.24) is 14.6 Å². The summed E-state index contributed by atoms with van der Waals surface area (Å²) in [6.07, 6.45) is 0.165. The third-order valence-corrected chi connectivity index (χ3v) is 4.79. The zero-order valence-electron chi connectivity index (χ0n) is 14.0. The molecule has 0 aliphatic rings. The van der Waals surface area contributed by atoms with Crippen molar-refractivity contribution in [3.8, 4) is 11.8 Å². The van der Waals surface area contributed by atoms with Gasteiger partial charge >= 0.3 is 0 Å². The van der Waals surface area contributed by atoms with Gasteiger partial charge in [0.15, 0.2) is 5.82 Å². The van der Waals surface area contributed by atoms with Gasteiger partial charge in [-0.05, 0) is 67.3 Å². The molecular formula is C18H18ClFN4S. The Hall–Kier alpha value is -2.10. The van der Waals surface area contributed by atoms with Gasteiger partial charge in [-0.2, -0.15) is 4.98 Å². The summed E-state index contributed by atoms with van der Waals surface area (Å²) < 4.78 is 15.0. The standard InChI is InChI=1S/C18H18ClFN4S/c1-3-5-15-13(8-7-12(2)20)10-16-17(22-18(19)23-24(15)16)21-11-14-6-4-9-25-14/h4,6,9-10,12H,7-8,11H2,1-2H3,(H,21,22,23). The van der Waals surface area contributed by atoms with Crippen LogP contribution in [0.3, 0.4) is 0 Å². The molecule has 0 radical (unpaired) electrons. The average Bonchev–Trinajstić information content (AvgIpc) is 3.20. The van der Waals surface area contributed by atoms with E-state index in [9.17, 15) is 4.39 Å². The van der Waals surface area contributed by atoms with Crippen molar-refractivity contribution in [1.29, 1.82) is 0 Å². The van der Waals surface area contributed by atoms with Crippen LogP contribution in [0.25, 0.3) is 5.52 Å². The Kier molecular flexibility index (Phi) is 5.57. The molecule has 1 N–H and O–H groups in total. The number of rotatable bonds is 6. The van der Waals surface area contributed by atoms with Crippen molar-refractivity contribution in [3.63, 3.8) is 0 Å². The molecule has 0 amide bonds. The van der Waals surface area contributed by atoms with Gasteiger partial charge in [0.05, 0.1) is 12.7 Å². The van der Waals surface area contributed by atoms with E-state index in [0.29, 0.717) is 25.2 Å². The highest BCUT2D eigenvalue weighted by atomic mass is 35.5. The van der Waals surface area contributed by atoms with Crippen molar-refractivity contribution in [2.75, 3.05) is 5.32 Å². The number of hydrogen-bond acceptors (Lipinski definition) is 4.